The van der Waals surface area contributed by atoms with Crippen LogP contribution in [0.2, 0.25) is 0 Å². The van der Waals surface area contributed by atoms with E-state index in [9.17, 15) is 0 Å². The minimum Gasteiger partial charge on any atom is -0.454 e. The third-order valence-electron chi connectivity index (χ3n) is 2.18. The molecule has 19 heavy (non-hydrogen) atoms. The van der Waals surface area contributed by atoms with Gasteiger partial charge in [0.2, 0.25) is 0 Å². The van der Waals surface area contributed by atoms with Crippen molar-refractivity contribution in [2.24, 2.45) is 0 Å². The van der Waals surface area contributed by atoms with Crippen molar-refractivity contribution in [1.82, 2.24) is 0 Å². The molecule has 0 saturated carbocycles. The van der Waals surface area contributed by atoms with Crippen molar-refractivity contribution in [3.8, 4) is 11.5 Å². The summed E-state index contributed by atoms with van der Waals surface area (Å²) in [7, 11) is 0. The first-order valence-corrected chi connectivity index (χ1v) is 9.62. The minimum atomic E-state index is 0.703. The molecule has 0 radical (unpaired) electrons. The van der Waals surface area contributed by atoms with Gasteiger partial charge in [0.25, 0.3) is 0 Å². The van der Waals surface area contributed by atoms with Crippen molar-refractivity contribution in [1.29, 1.82) is 0 Å². The molecule has 0 aromatic heterocycles. The van der Waals surface area contributed by atoms with E-state index in [1.807, 2.05) is 24.3 Å². The molecule has 0 atom stereocenters. The molecule has 0 aliphatic carbocycles. The van der Waals surface area contributed by atoms with Gasteiger partial charge < -0.3 is 4.74 Å². The first-order valence-electron chi connectivity index (χ1n) is 4.86. The van der Waals surface area contributed by atoms with E-state index in [0.717, 1.165) is 32.6 Å². The number of ether oxygens (including phenoxy) is 1. The largest absolute Gasteiger partial charge is 0.454 e. The summed E-state index contributed by atoms with van der Waals surface area (Å²) >= 11 is 20.9. The average Bonchev–Trinajstić information content (AvgIpc) is 2.36. The van der Waals surface area contributed by atoms with Gasteiger partial charge in [0.05, 0.1) is 13.4 Å². The molecule has 2 aromatic rings. The molecule has 0 heterocycles. The highest BCUT2D eigenvalue weighted by atomic mass is 79.9. The highest BCUT2D eigenvalue weighted by molar-refractivity contribution is 9.14. The summed E-state index contributed by atoms with van der Waals surface area (Å²) in [5, 5.41) is 0. The number of hydrogen-bond donors (Lipinski definition) is 0. The Bertz CT molecular complexity index is 641. The second-order valence-corrected chi connectivity index (χ2v) is 8.54. The molecule has 0 unspecified atom stereocenters. The van der Waals surface area contributed by atoms with Crippen molar-refractivity contribution in [2.45, 2.75) is 0 Å². The zero-order valence-corrected chi connectivity index (χ0v) is 18.5. The zero-order chi connectivity index (χ0) is 14.2. The first kappa shape index (κ1) is 16.5. The predicted octanol–water partition coefficient (Wildman–Crippen LogP) is 8.05. The van der Waals surface area contributed by atoms with Crippen molar-refractivity contribution < 1.29 is 4.74 Å². The van der Waals surface area contributed by atoms with Crippen LogP contribution in [-0.2, 0) is 0 Å². The van der Waals surface area contributed by atoms with E-state index in [0.29, 0.717) is 5.75 Å². The van der Waals surface area contributed by atoms with Crippen LogP contribution < -0.4 is 4.74 Å². The monoisotopic (exact) mass is 638 g/mol. The lowest BCUT2D eigenvalue weighted by atomic mass is 10.3. The molecule has 7 heteroatoms. The van der Waals surface area contributed by atoms with E-state index >= 15 is 0 Å². The van der Waals surface area contributed by atoms with Gasteiger partial charge in [0.1, 0.15) is 5.75 Å². The maximum atomic E-state index is 5.97. The van der Waals surface area contributed by atoms with Crippen LogP contribution in [-0.4, -0.2) is 0 Å². The molecular formula is C12H4Br6O. The van der Waals surface area contributed by atoms with E-state index < -0.39 is 0 Å². The Kier molecular flexibility index (Phi) is 6.01. The summed E-state index contributed by atoms with van der Waals surface area (Å²) in [6.45, 7) is 0. The van der Waals surface area contributed by atoms with Gasteiger partial charge in [-0.05, 0) is 104 Å². The molecule has 0 aliphatic rings. The second kappa shape index (κ2) is 6.92. The lowest BCUT2D eigenvalue weighted by Gasteiger charge is -2.13. The maximum absolute atomic E-state index is 5.97. The maximum Gasteiger partial charge on any atom is 0.157 e. The quantitative estimate of drug-likeness (QED) is 0.238. The number of hydrogen-bond acceptors (Lipinski definition) is 1. The smallest absolute Gasteiger partial charge is 0.157 e. The standard InChI is InChI=1S/C12H4Br6O/c13-5-1-2-6(14)9(3-5)19-12-8(16)4-7(15)10(17)11(12)18/h1-4H. The van der Waals surface area contributed by atoms with E-state index in [1.165, 1.54) is 0 Å². The third-order valence-corrected chi connectivity index (χ3v) is 7.18. The van der Waals surface area contributed by atoms with Gasteiger partial charge >= 0.3 is 0 Å². The van der Waals surface area contributed by atoms with E-state index in [4.69, 9.17) is 4.74 Å². The molecule has 1 nitrogen and oxygen atoms in total. The Balaban J connectivity index is 2.49. The van der Waals surface area contributed by atoms with E-state index in [-0.39, 0.29) is 0 Å². The van der Waals surface area contributed by atoms with Crippen molar-refractivity contribution in [3.63, 3.8) is 0 Å². The minimum absolute atomic E-state index is 0.703. The summed E-state index contributed by atoms with van der Waals surface area (Å²) in [5.41, 5.74) is 0. The van der Waals surface area contributed by atoms with E-state index in [2.05, 4.69) is 95.6 Å². The number of halogens is 6. The van der Waals surface area contributed by atoms with Gasteiger partial charge in [0.15, 0.2) is 5.75 Å². The number of benzene rings is 2. The van der Waals surface area contributed by atoms with Gasteiger partial charge in [-0.1, -0.05) is 15.9 Å². The predicted molar refractivity (Wildman–Crippen MR) is 99.2 cm³/mol. The topological polar surface area (TPSA) is 9.23 Å². The van der Waals surface area contributed by atoms with Crippen LogP contribution in [0.4, 0.5) is 0 Å². The molecule has 100 valence electrons. The molecule has 0 saturated heterocycles. The SMILES string of the molecule is Brc1ccc(Br)c(Oc2c(Br)cc(Br)c(Br)c2Br)c1. The van der Waals surface area contributed by atoms with Gasteiger partial charge in [-0.15, -0.1) is 0 Å². The van der Waals surface area contributed by atoms with Crippen molar-refractivity contribution in [2.75, 3.05) is 0 Å². The van der Waals surface area contributed by atoms with Gasteiger partial charge in [-0.3, -0.25) is 0 Å². The van der Waals surface area contributed by atoms with Gasteiger partial charge in [-0.25, -0.2) is 0 Å². The van der Waals surface area contributed by atoms with Crippen molar-refractivity contribution in [3.05, 3.63) is 51.1 Å². The molecule has 2 aromatic carbocycles. The van der Waals surface area contributed by atoms with Gasteiger partial charge in [-0.2, -0.15) is 0 Å². The average molecular weight is 644 g/mol. The van der Waals surface area contributed by atoms with Crippen LogP contribution in [0.5, 0.6) is 11.5 Å². The fraction of sp³-hybridized carbons (Fsp3) is 0. The van der Waals surface area contributed by atoms with Crippen LogP contribution in [0, 0.1) is 0 Å². The summed E-state index contributed by atoms with van der Waals surface area (Å²) in [5.74, 6) is 1.43. The Morgan fingerprint density at radius 3 is 2.05 bits per heavy atom. The van der Waals surface area contributed by atoms with Crippen LogP contribution in [0.3, 0.4) is 0 Å². The Labute approximate surface area is 161 Å². The molecule has 0 amide bonds. The Hall–Kier alpha value is 1.12. The highest BCUT2D eigenvalue weighted by Gasteiger charge is 2.15. The van der Waals surface area contributed by atoms with Crippen LogP contribution in [0.15, 0.2) is 51.1 Å². The second-order valence-electron chi connectivity index (χ2n) is 3.47. The molecule has 0 N–H and O–H groups in total. The lowest BCUT2D eigenvalue weighted by Crippen LogP contribution is -1.90. The molecule has 2 rings (SSSR count). The molecule has 0 bridgehead atoms. The molecule has 0 fully saturated rings. The fourth-order valence-electron chi connectivity index (χ4n) is 1.31. The number of rotatable bonds is 2. The summed E-state index contributed by atoms with van der Waals surface area (Å²) < 4.78 is 11.3. The van der Waals surface area contributed by atoms with E-state index in [1.54, 1.807) is 0 Å². The van der Waals surface area contributed by atoms with Crippen LogP contribution in [0.25, 0.3) is 0 Å². The normalized spacial score (nSPS) is 10.6. The Morgan fingerprint density at radius 2 is 1.37 bits per heavy atom. The third kappa shape index (κ3) is 3.86. The summed E-state index contributed by atoms with van der Waals surface area (Å²) in [6.07, 6.45) is 0. The highest BCUT2D eigenvalue weighted by Crippen LogP contribution is 2.46. The zero-order valence-electron chi connectivity index (χ0n) is 8.99. The van der Waals surface area contributed by atoms with Crippen LogP contribution >= 0.6 is 95.6 Å². The fourth-order valence-corrected chi connectivity index (χ4v) is 4.55. The van der Waals surface area contributed by atoms with Gasteiger partial charge in [0, 0.05) is 13.4 Å². The molecule has 0 spiro atoms. The molecule has 0 aliphatic heterocycles. The van der Waals surface area contributed by atoms with Crippen LogP contribution in [0.1, 0.15) is 0 Å². The summed E-state index contributed by atoms with van der Waals surface area (Å²) in [6, 6.07) is 7.70. The van der Waals surface area contributed by atoms with Crippen molar-refractivity contribution >= 4 is 95.6 Å². The lowest BCUT2D eigenvalue weighted by molar-refractivity contribution is 0.472. The first-order chi connectivity index (χ1) is 8.90. The summed E-state index contributed by atoms with van der Waals surface area (Å²) in [4.78, 5) is 0. The Morgan fingerprint density at radius 1 is 0.684 bits per heavy atom. The molecular weight excluding hydrogens is 640 g/mol.